The van der Waals surface area contributed by atoms with Gasteiger partial charge in [0.25, 0.3) is 0 Å². The van der Waals surface area contributed by atoms with Crippen molar-refractivity contribution in [1.82, 2.24) is 0 Å². The van der Waals surface area contributed by atoms with Crippen LogP contribution in [0.2, 0.25) is 0 Å². The third-order valence-corrected chi connectivity index (χ3v) is 2.92. The van der Waals surface area contributed by atoms with E-state index in [9.17, 15) is 4.79 Å². The second-order valence-electron chi connectivity index (χ2n) is 3.69. The molecule has 3 heteroatoms. The first-order valence-electron chi connectivity index (χ1n) is 4.76. The van der Waals surface area contributed by atoms with Gasteiger partial charge in [0.2, 0.25) is 0 Å². The van der Waals surface area contributed by atoms with E-state index in [-0.39, 0.29) is 11.7 Å². The maximum Gasteiger partial charge on any atom is 0.181 e. The van der Waals surface area contributed by atoms with Crippen LogP contribution in [0.25, 0.3) is 0 Å². The third-order valence-electron chi connectivity index (χ3n) is 2.23. The van der Waals surface area contributed by atoms with Gasteiger partial charge in [0.1, 0.15) is 5.92 Å². The molecule has 0 aliphatic rings. The molecule has 78 valence electrons. The average Bonchev–Trinajstić information content (AvgIpc) is 2.18. The first-order chi connectivity index (χ1) is 7.07. The number of carbonyl (C=O) groups is 1. The zero-order valence-corrected chi connectivity index (χ0v) is 10.3. The van der Waals surface area contributed by atoms with Crippen LogP contribution in [0.3, 0.4) is 0 Å². The van der Waals surface area contributed by atoms with Crippen LogP contribution in [0.15, 0.2) is 28.7 Å². The standard InChI is InChI=1S/C12H12BrNO/c1-8(2)10(7-14)12(15)9-5-3-4-6-11(9)13/h3-6,8,10H,1-2H3. The Morgan fingerprint density at radius 3 is 2.47 bits per heavy atom. The first kappa shape index (κ1) is 11.9. The van der Waals surface area contributed by atoms with Gasteiger partial charge in [0.15, 0.2) is 5.78 Å². The monoisotopic (exact) mass is 265 g/mol. The molecule has 1 unspecified atom stereocenters. The molecule has 15 heavy (non-hydrogen) atoms. The predicted octanol–water partition coefficient (Wildman–Crippen LogP) is 3.43. The Bertz CT molecular complexity index is 406. The Balaban J connectivity index is 3.05. The molecular weight excluding hydrogens is 254 g/mol. The molecule has 0 aromatic heterocycles. The maximum atomic E-state index is 12.0. The van der Waals surface area contributed by atoms with Crippen LogP contribution in [-0.2, 0) is 0 Å². The molecule has 0 heterocycles. The van der Waals surface area contributed by atoms with Crippen LogP contribution in [0.4, 0.5) is 0 Å². The van der Waals surface area contributed by atoms with E-state index in [1.54, 1.807) is 12.1 Å². The lowest BCUT2D eigenvalue weighted by molar-refractivity contribution is 0.0923. The summed E-state index contributed by atoms with van der Waals surface area (Å²) < 4.78 is 0.746. The topological polar surface area (TPSA) is 40.9 Å². The quantitative estimate of drug-likeness (QED) is 0.786. The summed E-state index contributed by atoms with van der Waals surface area (Å²) in [5.74, 6) is -0.640. The van der Waals surface area contributed by atoms with Gasteiger partial charge in [0.05, 0.1) is 6.07 Å². The SMILES string of the molecule is CC(C)C(C#N)C(=O)c1ccccc1Br. The summed E-state index contributed by atoms with van der Waals surface area (Å²) in [6.45, 7) is 3.76. The number of halogens is 1. The minimum atomic E-state index is -0.566. The molecule has 2 nitrogen and oxygen atoms in total. The molecule has 0 bridgehead atoms. The van der Waals surface area contributed by atoms with Gasteiger partial charge >= 0.3 is 0 Å². The Hall–Kier alpha value is -1.14. The zero-order valence-electron chi connectivity index (χ0n) is 8.70. The maximum absolute atomic E-state index is 12.0. The molecule has 0 saturated heterocycles. The van der Waals surface area contributed by atoms with Crippen LogP contribution in [-0.4, -0.2) is 5.78 Å². The number of nitrogens with zero attached hydrogens (tertiary/aromatic N) is 1. The van der Waals surface area contributed by atoms with Crippen LogP contribution >= 0.6 is 15.9 Å². The van der Waals surface area contributed by atoms with Gasteiger partial charge in [-0.1, -0.05) is 48.0 Å². The highest BCUT2D eigenvalue weighted by molar-refractivity contribution is 9.10. The van der Waals surface area contributed by atoms with E-state index in [0.29, 0.717) is 5.56 Å². The van der Waals surface area contributed by atoms with Crippen molar-refractivity contribution in [2.75, 3.05) is 0 Å². The van der Waals surface area contributed by atoms with E-state index in [0.717, 1.165) is 4.47 Å². The summed E-state index contributed by atoms with van der Waals surface area (Å²) >= 11 is 3.31. The lowest BCUT2D eigenvalue weighted by Crippen LogP contribution is -2.19. The Morgan fingerprint density at radius 2 is 2.00 bits per heavy atom. The van der Waals surface area contributed by atoms with Gasteiger partial charge in [-0.05, 0) is 12.0 Å². The van der Waals surface area contributed by atoms with Crippen LogP contribution < -0.4 is 0 Å². The van der Waals surface area contributed by atoms with Crippen LogP contribution in [0.1, 0.15) is 24.2 Å². The molecule has 0 saturated carbocycles. The fourth-order valence-corrected chi connectivity index (χ4v) is 1.82. The zero-order chi connectivity index (χ0) is 11.4. The number of hydrogen-bond acceptors (Lipinski definition) is 2. The lowest BCUT2D eigenvalue weighted by Gasteiger charge is -2.12. The van der Waals surface area contributed by atoms with E-state index in [2.05, 4.69) is 22.0 Å². The van der Waals surface area contributed by atoms with E-state index < -0.39 is 5.92 Å². The van der Waals surface area contributed by atoms with Gasteiger partial charge in [-0.3, -0.25) is 4.79 Å². The fraction of sp³-hybridized carbons (Fsp3) is 0.333. The van der Waals surface area contributed by atoms with Crippen molar-refractivity contribution in [2.45, 2.75) is 13.8 Å². The Morgan fingerprint density at radius 1 is 1.40 bits per heavy atom. The minimum Gasteiger partial charge on any atom is -0.293 e. The summed E-state index contributed by atoms with van der Waals surface area (Å²) in [6, 6.07) is 9.24. The smallest absolute Gasteiger partial charge is 0.181 e. The molecule has 0 fully saturated rings. The molecule has 0 aliphatic carbocycles. The van der Waals surface area contributed by atoms with Gasteiger partial charge in [-0.15, -0.1) is 0 Å². The van der Waals surface area contributed by atoms with Gasteiger partial charge < -0.3 is 0 Å². The molecule has 0 radical (unpaired) electrons. The number of carbonyl (C=O) groups excluding carboxylic acids is 1. The van der Waals surface area contributed by atoms with Crippen molar-refractivity contribution < 1.29 is 4.79 Å². The van der Waals surface area contributed by atoms with E-state index in [1.807, 2.05) is 26.0 Å². The Labute approximate surface area is 98.0 Å². The van der Waals surface area contributed by atoms with Crippen LogP contribution in [0, 0.1) is 23.2 Å². The van der Waals surface area contributed by atoms with Gasteiger partial charge in [-0.2, -0.15) is 5.26 Å². The highest BCUT2D eigenvalue weighted by Gasteiger charge is 2.24. The minimum absolute atomic E-state index is 0.0367. The van der Waals surface area contributed by atoms with E-state index in [1.165, 1.54) is 0 Å². The first-order valence-corrected chi connectivity index (χ1v) is 5.55. The predicted molar refractivity (Wildman–Crippen MR) is 62.4 cm³/mol. The molecule has 1 aromatic rings. The van der Waals surface area contributed by atoms with Gasteiger partial charge in [0, 0.05) is 10.0 Å². The van der Waals surface area contributed by atoms with Crippen molar-refractivity contribution in [1.29, 1.82) is 5.26 Å². The van der Waals surface area contributed by atoms with E-state index >= 15 is 0 Å². The third kappa shape index (κ3) is 2.66. The van der Waals surface area contributed by atoms with Crippen molar-refractivity contribution in [3.8, 4) is 6.07 Å². The van der Waals surface area contributed by atoms with Gasteiger partial charge in [-0.25, -0.2) is 0 Å². The lowest BCUT2D eigenvalue weighted by atomic mass is 9.89. The second kappa shape index (κ2) is 5.09. The largest absolute Gasteiger partial charge is 0.293 e. The molecule has 1 rings (SSSR count). The number of rotatable bonds is 3. The van der Waals surface area contributed by atoms with Crippen molar-refractivity contribution >= 4 is 21.7 Å². The summed E-state index contributed by atoms with van der Waals surface area (Å²) in [5, 5.41) is 8.93. The van der Waals surface area contributed by atoms with E-state index in [4.69, 9.17) is 5.26 Å². The number of nitriles is 1. The fourth-order valence-electron chi connectivity index (χ4n) is 1.34. The summed E-state index contributed by atoms with van der Waals surface area (Å²) in [5.41, 5.74) is 0.581. The Kier molecular flexibility index (Phi) is 4.05. The number of benzene rings is 1. The summed E-state index contributed by atoms with van der Waals surface area (Å²) in [4.78, 5) is 12.0. The normalized spacial score (nSPS) is 12.2. The molecule has 0 spiro atoms. The summed E-state index contributed by atoms with van der Waals surface area (Å²) in [6.07, 6.45) is 0. The molecule has 0 N–H and O–H groups in total. The average molecular weight is 266 g/mol. The van der Waals surface area contributed by atoms with Crippen molar-refractivity contribution in [2.24, 2.45) is 11.8 Å². The highest BCUT2D eigenvalue weighted by atomic mass is 79.9. The molecule has 0 aliphatic heterocycles. The van der Waals surface area contributed by atoms with Crippen molar-refractivity contribution in [3.63, 3.8) is 0 Å². The second-order valence-corrected chi connectivity index (χ2v) is 4.55. The van der Waals surface area contributed by atoms with Crippen molar-refractivity contribution in [3.05, 3.63) is 34.3 Å². The summed E-state index contributed by atoms with van der Waals surface area (Å²) in [7, 11) is 0. The molecular formula is C12H12BrNO. The number of ketones is 1. The molecule has 1 aromatic carbocycles. The molecule has 0 amide bonds. The number of Topliss-reactive ketones (excluding diaryl/α,β-unsaturated/α-hetero) is 1. The van der Waals surface area contributed by atoms with Crippen LogP contribution in [0.5, 0.6) is 0 Å². The molecule has 1 atom stereocenters. The number of hydrogen-bond donors (Lipinski definition) is 0. The highest BCUT2D eigenvalue weighted by Crippen LogP contribution is 2.22.